The van der Waals surface area contributed by atoms with E-state index in [1.54, 1.807) is 0 Å². The van der Waals surface area contributed by atoms with Crippen LogP contribution >= 0.6 is 0 Å². The Bertz CT molecular complexity index is 857. The first kappa shape index (κ1) is 21.5. The Kier molecular flexibility index (Phi) is 7.21. The molecule has 1 N–H and O–H groups in total. The molecule has 0 bridgehead atoms. The topological polar surface area (TPSA) is 52.7 Å². The predicted octanol–water partition coefficient (Wildman–Crippen LogP) is 4.45. The van der Waals surface area contributed by atoms with Gasteiger partial charge in [-0.05, 0) is 75.6 Å². The highest BCUT2D eigenvalue weighted by atomic mass is 16.2. The van der Waals surface area contributed by atoms with Crippen molar-refractivity contribution in [3.63, 3.8) is 0 Å². The van der Waals surface area contributed by atoms with E-state index in [4.69, 9.17) is 0 Å². The van der Waals surface area contributed by atoms with Gasteiger partial charge in [0.05, 0.1) is 0 Å². The SMILES string of the molecule is CCN(CC)c1ccc(NC(=O)CN(C(C)=O)c2cccc(C)c2C)c(C)c1. The molecule has 5 nitrogen and oxygen atoms in total. The first-order valence-electron chi connectivity index (χ1n) is 9.78. The van der Waals surface area contributed by atoms with E-state index in [0.717, 1.165) is 46.8 Å². The minimum Gasteiger partial charge on any atom is -0.372 e. The number of aryl methyl sites for hydroxylation is 2. The number of amides is 2. The average molecular weight is 382 g/mol. The minimum absolute atomic E-state index is 0.0170. The molecule has 5 heteroatoms. The fourth-order valence-electron chi connectivity index (χ4n) is 3.30. The van der Waals surface area contributed by atoms with E-state index in [2.05, 4.69) is 30.1 Å². The Morgan fingerprint density at radius 1 is 0.964 bits per heavy atom. The molecule has 0 atom stereocenters. The van der Waals surface area contributed by atoms with Crippen LogP contribution in [0.3, 0.4) is 0 Å². The van der Waals surface area contributed by atoms with Gasteiger partial charge >= 0.3 is 0 Å². The zero-order valence-electron chi connectivity index (χ0n) is 17.8. The summed E-state index contributed by atoms with van der Waals surface area (Å²) >= 11 is 0. The predicted molar refractivity (Wildman–Crippen MR) is 117 cm³/mol. The van der Waals surface area contributed by atoms with Crippen LogP contribution in [0.25, 0.3) is 0 Å². The monoisotopic (exact) mass is 381 g/mol. The summed E-state index contributed by atoms with van der Waals surface area (Å²) in [5.41, 5.74) is 5.78. The number of hydrogen-bond acceptors (Lipinski definition) is 3. The van der Waals surface area contributed by atoms with Crippen molar-refractivity contribution in [2.75, 3.05) is 34.8 Å². The summed E-state index contributed by atoms with van der Waals surface area (Å²) in [5, 5.41) is 2.95. The van der Waals surface area contributed by atoms with Crippen molar-refractivity contribution >= 4 is 28.9 Å². The molecule has 0 saturated carbocycles. The van der Waals surface area contributed by atoms with Crippen molar-refractivity contribution in [1.82, 2.24) is 0 Å². The van der Waals surface area contributed by atoms with Gasteiger partial charge in [-0.3, -0.25) is 9.59 Å². The molecular weight excluding hydrogens is 350 g/mol. The molecule has 0 radical (unpaired) electrons. The number of anilines is 3. The molecule has 150 valence electrons. The number of nitrogens with one attached hydrogen (secondary N) is 1. The highest BCUT2D eigenvalue weighted by molar-refractivity contribution is 6.02. The van der Waals surface area contributed by atoms with Crippen LogP contribution in [0.1, 0.15) is 37.5 Å². The lowest BCUT2D eigenvalue weighted by Crippen LogP contribution is -2.37. The number of rotatable bonds is 7. The number of carbonyl (C=O) groups is 2. The van der Waals surface area contributed by atoms with Crippen LogP contribution in [0, 0.1) is 20.8 Å². The second kappa shape index (κ2) is 9.40. The standard InChI is InChI=1S/C23H31N3O2/c1-7-25(8-2)20-12-13-21(17(4)14-20)24-23(28)15-26(19(6)27)22-11-9-10-16(3)18(22)5/h9-14H,7-8,15H2,1-6H3,(H,24,28). The molecular formula is C23H31N3O2. The third kappa shape index (κ3) is 4.91. The quantitative estimate of drug-likeness (QED) is 0.771. The second-order valence-corrected chi connectivity index (χ2v) is 7.04. The Morgan fingerprint density at radius 3 is 2.21 bits per heavy atom. The highest BCUT2D eigenvalue weighted by Crippen LogP contribution is 2.25. The van der Waals surface area contributed by atoms with Gasteiger partial charge in [0.25, 0.3) is 0 Å². The third-order valence-corrected chi connectivity index (χ3v) is 5.16. The van der Waals surface area contributed by atoms with E-state index in [9.17, 15) is 9.59 Å². The van der Waals surface area contributed by atoms with Crippen LogP contribution < -0.4 is 15.1 Å². The van der Waals surface area contributed by atoms with Gasteiger partial charge in [0.1, 0.15) is 6.54 Å². The molecule has 2 aromatic carbocycles. The molecule has 2 aromatic rings. The highest BCUT2D eigenvalue weighted by Gasteiger charge is 2.18. The molecule has 0 aliphatic rings. The van der Waals surface area contributed by atoms with E-state index in [1.165, 1.54) is 11.8 Å². The van der Waals surface area contributed by atoms with Gasteiger partial charge in [-0.1, -0.05) is 12.1 Å². The summed E-state index contributed by atoms with van der Waals surface area (Å²) in [6.45, 7) is 13.5. The van der Waals surface area contributed by atoms with Crippen LogP contribution in [0.2, 0.25) is 0 Å². The Balaban J connectivity index is 2.17. The zero-order valence-corrected chi connectivity index (χ0v) is 17.8. The maximum atomic E-state index is 12.7. The van der Waals surface area contributed by atoms with Gasteiger partial charge in [-0.2, -0.15) is 0 Å². The van der Waals surface area contributed by atoms with E-state index in [-0.39, 0.29) is 18.4 Å². The fraction of sp³-hybridized carbons (Fsp3) is 0.391. The molecule has 0 unspecified atom stereocenters. The molecule has 0 aliphatic carbocycles. The average Bonchev–Trinajstić information content (AvgIpc) is 2.65. The Hall–Kier alpha value is -2.82. The summed E-state index contributed by atoms with van der Waals surface area (Å²) in [5.74, 6) is -0.368. The third-order valence-electron chi connectivity index (χ3n) is 5.16. The molecule has 0 heterocycles. The van der Waals surface area contributed by atoms with E-state index in [0.29, 0.717) is 0 Å². The van der Waals surface area contributed by atoms with E-state index < -0.39 is 0 Å². The Morgan fingerprint density at radius 2 is 1.64 bits per heavy atom. The number of carbonyl (C=O) groups excluding carboxylic acids is 2. The van der Waals surface area contributed by atoms with Crippen LogP contribution in [-0.2, 0) is 9.59 Å². The lowest BCUT2D eigenvalue weighted by Gasteiger charge is -2.24. The van der Waals surface area contributed by atoms with Gasteiger partial charge in [0.2, 0.25) is 11.8 Å². The number of hydrogen-bond donors (Lipinski definition) is 1. The van der Waals surface area contributed by atoms with E-state index in [1.807, 2.05) is 51.1 Å². The van der Waals surface area contributed by atoms with Crippen LogP contribution in [0.15, 0.2) is 36.4 Å². The van der Waals surface area contributed by atoms with Gasteiger partial charge in [-0.15, -0.1) is 0 Å². The summed E-state index contributed by atoms with van der Waals surface area (Å²) in [7, 11) is 0. The summed E-state index contributed by atoms with van der Waals surface area (Å²) in [4.78, 5) is 28.6. The van der Waals surface area contributed by atoms with Gasteiger partial charge in [0, 0.05) is 37.1 Å². The lowest BCUT2D eigenvalue weighted by molar-refractivity contribution is -0.120. The molecule has 28 heavy (non-hydrogen) atoms. The smallest absolute Gasteiger partial charge is 0.244 e. The maximum absolute atomic E-state index is 12.7. The minimum atomic E-state index is -0.213. The molecule has 0 spiro atoms. The fourth-order valence-corrected chi connectivity index (χ4v) is 3.30. The normalized spacial score (nSPS) is 10.5. The first-order valence-corrected chi connectivity index (χ1v) is 9.78. The molecule has 2 amide bonds. The molecule has 0 aromatic heterocycles. The van der Waals surface area contributed by atoms with Crippen LogP contribution in [0.5, 0.6) is 0 Å². The second-order valence-electron chi connectivity index (χ2n) is 7.04. The summed E-state index contributed by atoms with van der Waals surface area (Å²) in [6, 6.07) is 11.8. The lowest BCUT2D eigenvalue weighted by atomic mass is 10.1. The van der Waals surface area contributed by atoms with Crippen molar-refractivity contribution in [2.45, 2.75) is 41.5 Å². The molecule has 0 fully saturated rings. The number of benzene rings is 2. The van der Waals surface area contributed by atoms with Gasteiger partial charge < -0.3 is 15.1 Å². The van der Waals surface area contributed by atoms with Crippen molar-refractivity contribution in [2.24, 2.45) is 0 Å². The van der Waals surface area contributed by atoms with Crippen molar-refractivity contribution in [3.8, 4) is 0 Å². The van der Waals surface area contributed by atoms with Crippen LogP contribution in [0.4, 0.5) is 17.1 Å². The van der Waals surface area contributed by atoms with Crippen molar-refractivity contribution in [3.05, 3.63) is 53.1 Å². The largest absolute Gasteiger partial charge is 0.372 e. The Labute approximate surface area is 168 Å². The molecule has 0 aliphatic heterocycles. The molecule has 2 rings (SSSR count). The van der Waals surface area contributed by atoms with Crippen LogP contribution in [-0.4, -0.2) is 31.4 Å². The summed E-state index contributed by atoms with van der Waals surface area (Å²) in [6.07, 6.45) is 0. The van der Waals surface area contributed by atoms with Crippen molar-refractivity contribution < 1.29 is 9.59 Å². The molecule has 0 saturated heterocycles. The van der Waals surface area contributed by atoms with E-state index >= 15 is 0 Å². The zero-order chi connectivity index (χ0) is 20.8. The first-order chi connectivity index (χ1) is 13.3. The summed E-state index contributed by atoms with van der Waals surface area (Å²) < 4.78 is 0. The maximum Gasteiger partial charge on any atom is 0.244 e. The van der Waals surface area contributed by atoms with Gasteiger partial charge in [-0.25, -0.2) is 0 Å². The van der Waals surface area contributed by atoms with Gasteiger partial charge in [0.15, 0.2) is 0 Å². The number of nitrogens with zero attached hydrogens (tertiary/aromatic N) is 2. The van der Waals surface area contributed by atoms with Crippen molar-refractivity contribution in [1.29, 1.82) is 0 Å².